The van der Waals surface area contributed by atoms with Gasteiger partial charge in [0.25, 0.3) is 0 Å². The summed E-state index contributed by atoms with van der Waals surface area (Å²) in [6.07, 6.45) is 0. The van der Waals surface area contributed by atoms with Gasteiger partial charge in [-0.2, -0.15) is 4.37 Å². The third kappa shape index (κ3) is 2.44. The molecule has 0 radical (unpaired) electrons. The van der Waals surface area contributed by atoms with Crippen molar-refractivity contribution in [1.29, 1.82) is 0 Å². The van der Waals surface area contributed by atoms with E-state index in [2.05, 4.69) is 48.9 Å². The molecule has 0 aliphatic heterocycles. The molecule has 0 fully saturated rings. The molecule has 0 spiro atoms. The molecule has 14 heavy (non-hydrogen) atoms. The first-order valence-corrected chi connectivity index (χ1v) is 5.66. The Labute approximate surface area is 90.3 Å². The zero-order chi connectivity index (χ0) is 10.9. The van der Waals surface area contributed by atoms with Crippen LogP contribution in [0.5, 0.6) is 0 Å². The first-order valence-electron chi connectivity index (χ1n) is 4.89. The Kier molecular flexibility index (Phi) is 3.14. The van der Waals surface area contributed by atoms with Gasteiger partial charge in [-0.15, -0.1) is 0 Å². The Morgan fingerprint density at radius 2 is 1.86 bits per heavy atom. The van der Waals surface area contributed by atoms with Crippen molar-refractivity contribution in [3.63, 3.8) is 0 Å². The van der Waals surface area contributed by atoms with Crippen LogP contribution < -0.4 is 4.90 Å². The molecule has 0 aliphatic carbocycles. The first-order chi connectivity index (χ1) is 6.32. The number of hydrogen-bond donors (Lipinski definition) is 0. The average molecular weight is 213 g/mol. The minimum atomic E-state index is 0.105. The molecular formula is C10H19N3S. The van der Waals surface area contributed by atoms with Crippen molar-refractivity contribution in [2.24, 2.45) is 0 Å². The van der Waals surface area contributed by atoms with Gasteiger partial charge in [-0.3, -0.25) is 0 Å². The Morgan fingerprint density at radius 1 is 1.29 bits per heavy atom. The van der Waals surface area contributed by atoms with Crippen molar-refractivity contribution in [3.05, 3.63) is 5.01 Å². The quantitative estimate of drug-likeness (QED) is 0.756. The van der Waals surface area contributed by atoms with Crippen molar-refractivity contribution in [2.45, 2.75) is 46.1 Å². The molecule has 0 amide bonds. The van der Waals surface area contributed by atoms with Gasteiger partial charge in [-0.05, 0) is 25.4 Å². The maximum Gasteiger partial charge on any atom is 0.237 e. The number of hydrogen-bond acceptors (Lipinski definition) is 4. The lowest BCUT2D eigenvalue weighted by Crippen LogP contribution is -2.26. The fourth-order valence-electron chi connectivity index (χ4n) is 0.895. The second-order valence-corrected chi connectivity index (χ2v) is 5.61. The van der Waals surface area contributed by atoms with Crippen molar-refractivity contribution in [3.8, 4) is 0 Å². The Bertz CT molecular complexity index is 299. The Balaban J connectivity index is 2.89. The summed E-state index contributed by atoms with van der Waals surface area (Å²) in [5.41, 5.74) is 0.105. The number of nitrogens with zero attached hydrogens (tertiary/aromatic N) is 3. The van der Waals surface area contributed by atoms with E-state index in [9.17, 15) is 0 Å². The van der Waals surface area contributed by atoms with E-state index in [1.54, 1.807) is 0 Å². The molecule has 1 aromatic rings. The second kappa shape index (κ2) is 3.85. The van der Waals surface area contributed by atoms with Gasteiger partial charge in [0, 0.05) is 18.5 Å². The molecule has 1 aromatic heterocycles. The molecule has 0 unspecified atom stereocenters. The van der Waals surface area contributed by atoms with Crippen molar-refractivity contribution in [1.82, 2.24) is 9.36 Å². The summed E-state index contributed by atoms with van der Waals surface area (Å²) in [4.78, 5) is 6.63. The van der Waals surface area contributed by atoms with E-state index in [1.165, 1.54) is 11.5 Å². The van der Waals surface area contributed by atoms with Gasteiger partial charge in [-0.25, -0.2) is 4.98 Å². The third-order valence-electron chi connectivity index (χ3n) is 2.15. The second-order valence-electron chi connectivity index (χ2n) is 4.85. The van der Waals surface area contributed by atoms with Gasteiger partial charge in [0.05, 0.1) is 0 Å². The molecule has 1 rings (SSSR count). The Morgan fingerprint density at radius 3 is 2.21 bits per heavy atom. The molecule has 0 N–H and O–H groups in total. The van der Waals surface area contributed by atoms with E-state index in [4.69, 9.17) is 0 Å². The summed E-state index contributed by atoms with van der Waals surface area (Å²) in [7, 11) is 2.03. The minimum absolute atomic E-state index is 0.105. The van der Waals surface area contributed by atoms with Crippen LogP contribution in [-0.2, 0) is 5.41 Å². The number of aromatic nitrogens is 2. The van der Waals surface area contributed by atoms with E-state index < -0.39 is 0 Å². The maximum absolute atomic E-state index is 4.54. The van der Waals surface area contributed by atoms with Crippen LogP contribution in [0.15, 0.2) is 0 Å². The summed E-state index contributed by atoms with van der Waals surface area (Å²) in [5, 5.41) is 1.10. The normalized spacial score (nSPS) is 12.2. The molecule has 3 nitrogen and oxygen atoms in total. The van der Waals surface area contributed by atoms with Gasteiger partial charge >= 0.3 is 0 Å². The first kappa shape index (κ1) is 11.4. The van der Waals surface area contributed by atoms with E-state index in [1.807, 2.05) is 7.05 Å². The van der Waals surface area contributed by atoms with Crippen LogP contribution in [0.1, 0.15) is 39.6 Å². The molecule has 0 atom stereocenters. The number of anilines is 1. The van der Waals surface area contributed by atoms with Crippen molar-refractivity contribution >= 4 is 17.5 Å². The van der Waals surface area contributed by atoms with Crippen LogP contribution >= 0.6 is 11.5 Å². The lowest BCUT2D eigenvalue weighted by Gasteiger charge is -2.19. The average Bonchev–Trinajstić information content (AvgIpc) is 2.49. The lowest BCUT2D eigenvalue weighted by atomic mass is 9.98. The van der Waals surface area contributed by atoms with Crippen molar-refractivity contribution in [2.75, 3.05) is 11.9 Å². The SMILES string of the molecule is CC(C)N(C)c1nsc(C(C)(C)C)n1. The Hall–Kier alpha value is -0.640. The van der Waals surface area contributed by atoms with Crippen molar-refractivity contribution < 1.29 is 0 Å². The monoisotopic (exact) mass is 213 g/mol. The summed E-state index contributed by atoms with van der Waals surface area (Å²) in [5.74, 6) is 0.843. The van der Waals surface area contributed by atoms with E-state index >= 15 is 0 Å². The molecule has 0 aliphatic rings. The molecule has 0 aromatic carbocycles. The van der Waals surface area contributed by atoms with Gasteiger partial charge in [0.2, 0.25) is 5.95 Å². The van der Waals surface area contributed by atoms with Crippen LogP contribution in [-0.4, -0.2) is 22.4 Å². The van der Waals surface area contributed by atoms with Gasteiger partial charge in [-0.1, -0.05) is 20.8 Å². The molecule has 1 heterocycles. The molecule has 0 saturated heterocycles. The largest absolute Gasteiger partial charge is 0.341 e. The van der Waals surface area contributed by atoms with E-state index in [0.717, 1.165) is 11.0 Å². The molecule has 4 heteroatoms. The lowest BCUT2D eigenvalue weighted by molar-refractivity contribution is 0.583. The standard InChI is InChI=1S/C10H19N3S/c1-7(2)13(6)9-11-8(14-12-9)10(3,4)5/h7H,1-6H3. The highest BCUT2D eigenvalue weighted by Crippen LogP contribution is 2.26. The van der Waals surface area contributed by atoms with E-state index in [0.29, 0.717) is 6.04 Å². The van der Waals surface area contributed by atoms with E-state index in [-0.39, 0.29) is 5.41 Å². The molecule has 80 valence electrons. The maximum atomic E-state index is 4.54. The highest BCUT2D eigenvalue weighted by molar-refractivity contribution is 7.05. The van der Waals surface area contributed by atoms with Crippen LogP contribution in [0.4, 0.5) is 5.95 Å². The highest BCUT2D eigenvalue weighted by Gasteiger charge is 2.20. The fourth-order valence-corrected chi connectivity index (χ4v) is 1.63. The van der Waals surface area contributed by atoms with Gasteiger partial charge < -0.3 is 4.90 Å². The van der Waals surface area contributed by atoms with Crippen LogP contribution in [0.3, 0.4) is 0 Å². The topological polar surface area (TPSA) is 29.0 Å². The zero-order valence-corrected chi connectivity index (χ0v) is 10.6. The smallest absolute Gasteiger partial charge is 0.237 e. The van der Waals surface area contributed by atoms with Crippen LogP contribution in [0, 0.1) is 0 Å². The van der Waals surface area contributed by atoms with Gasteiger partial charge in [0.15, 0.2) is 0 Å². The predicted octanol–water partition coefficient (Wildman–Crippen LogP) is 2.68. The van der Waals surface area contributed by atoms with Crippen LogP contribution in [0.25, 0.3) is 0 Å². The highest BCUT2D eigenvalue weighted by atomic mass is 32.1. The summed E-state index contributed by atoms with van der Waals surface area (Å²) in [6, 6.07) is 0.442. The molecule has 0 saturated carbocycles. The summed E-state index contributed by atoms with van der Waals surface area (Å²) < 4.78 is 4.36. The molecular weight excluding hydrogens is 194 g/mol. The number of rotatable bonds is 2. The summed E-state index contributed by atoms with van der Waals surface area (Å²) >= 11 is 1.50. The predicted molar refractivity (Wildman–Crippen MR) is 62.1 cm³/mol. The fraction of sp³-hybridized carbons (Fsp3) is 0.800. The third-order valence-corrected chi connectivity index (χ3v) is 3.28. The minimum Gasteiger partial charge on any atom is -0.341 e. The van der Waals surface area contributed by atoms with Crippen LogP contribution in [0.2, 0.25) is 0 Å². The molecule has 0 bridgehead atoms. The summed E-state index contributed by atoms with van der Waals surface area (Å²) in [6.45, 7) is 10.8. The van der Waals surface area contributed by atoms with Gasteiger partial charge in [0.1, 0.15) is 5.01 Å². The zero-order valence-electron chi connectivity index (χ0n) is 9.83.